The molecule has 1 aromatic rings. The molecule has 0 spiro atoms. The first-order valence-corrected chi connectivity index (χ1v) is 11.0. The van der Waals surface area contributed by atoms with Crippen molar-refractivity contribution in [2.45, 2.75) is 62.0 Å². The van der Waals surface area contributed by atoms with Crippen LogP contribution < -0.4 is 0 Å². The Morgan fingerprint density at radius 3 is 2.50 bits per heavy atom. The highest BCUT2D eigenvalue weighted by Crippen LogP contribution is 2.51. The number of carbonyl (C=O) groups is 2. The Morgan fingerprint density at radius 2 is 1.85 bits per heavy atom. The summed E-state index contributed by atoms with van der Waals surface area (Å²) >= 11 is 0. The van der Waals surface area contributed by atoms with Crippen LogP contribution in [0.3, 0.4) is 0 Å². The molecule has 10 atom stereocenters. The molecular formula is C23H28O11. The van der Waals surface area contributed by atoms with Gasteiger partial charge < -0.3 is 44.5 Å². The van der Waals surface area contributed by atoms with Crippen LogP contribution in [0.5, 0.6) is 0 Å². The number of aliphatic hydroxyl groups excluding tert-OH is 4. The number of hydrogen-bond acceptors (Lipinski definition) is 11. The Morgan fingerprint density at radius 1 is 1.15 bits per heavy atom. The predicted molar refractivity (Wildman–Crippen MR) is 112 cm³/mol. The molecule has 10 unspecified atom stereocenters. The van der Waals surface area contributed by atoms with Crippen molar-refractivity contribution in [3.05, 3.63) is 47.7 Å². The molecule has 34 heavy (non-hydrogen) atoms. The van der Waals surface area contributed by atoms with E-state index < -0.39 is 73.1 Å². The molecule has 0 amide bonds. The molecule has 2 heterocycles. The second kappa shape index (κ2) is 9.70. The molecule has 3 aliphatic rings. The highest BCUT2D eigenvalue weighted by Gasteiger charge is 2.61. The zero-order valence-corrected chi connectivity index (χ0v) is 18.3. The normalized spacial score (nSPS) is 41.7. The maximum atomic E-state index is 12.6. The number of carbonyl (C=O) groups excluding carboxylic acids is 2. The largest absolute Gasteiger partial charge is 0.471 e. The van der Waals surface area contributed by atoms with Gasteiger partial charge in [0, 0.05) is 12.3 Å². The summed E-state index contributed by atoms with van der Waals surface area (Å²) in [6.45, 7) is 1.05. The van der Waals surface area contributed by atoms with E-state index in [1.165, 1.54) is 0 Å². The minimum Gasteiger partial charge on any atom is -0.471 e. The van der Waals surface area contributed by atoms with Gasteiger partial charge in [-0.05, 0) is 12.1 Å². The van der Waals surface area contributed by atoms with E-state index in [-0.39, 0.29) is 12.0 Å². The zero-order valence-electron chi connectivity index (χ0n) is 18.3. The topological polar surface area (TPSA) is 172 Å². The van der Waals surface area contributed by atoms with Gasteiger partial charge in [0.25, 0.3) is 0 Å². The summed E-state index contributed by atoms with van der Waals surface area (Å²) in [5.41, 5.74) is -1.50. The number of rotatable bonds is 6. The van der Waals surface area contributed by atoms with Gasteiger partial charge in [-0.3, -0.25) is 4.79 Å². The predicted octanol–water partition coefficient (Wildman–Crippen LogP) is -1.15. The lowest BCUT2D eigenvalue weighted by atomic mass is 9.79. The summed E-state index contributed by atoms with van der Waals surface area (Å²) in [5, 5.41) is 51.2. The summed E-state index contributed by atoms with van der Waals surface area (Å²) in [6.07, 6.45) is -8.33. The lowest BCUT2D eigenvalue weighted by Crippen LogP contribution is -2.61. The third-order valence-electron chi connectivity index (χ3n) is 6.85. The van der Waals surface area contributed by atoms with E-state index in [4.69, 9.17) is 18.9 Å². The molecule has 5 N–H and O–H groups in total. The van der Waals surface area contributed by atoms with Gasteiger partial charge in [0.15, 0.2) is 12.6 Å². The van der Waals surface area contributed by atoms with Crippen LogP contribution in [0.1, 0.15) is 23.7 Å². The van der Waals surface area contributed by atoms with Gasteiger partial charge in [0.05, 0.1) is 29.9 Å². The zero-order chi connectivity index (χ0) is 24.6. The third-order valence-corrected chi connectivity index (χ3v) is 6.85. The van der Waals surface area contributed by atoms with Crippen LogP contribution in [0.15, 0.2) is 42.2 Å². The monoisotopic (exact) mass is 480 g/mol. The van der Waals surface area contributed by atoms with Crippen LogP contribution in [0.25, 0.3) is 0 Å². The minimum atomic E-state index is -1.76. The number of esters is 1. The van der Waals surface area contributed by atoms with Crippen LogP contribution in [0.4, 0.5) is 0 Å². The summed E-state index contributed by atoms with van der Waals surface area (Å²) in [4.78, 5) is 24.3. The first-order valence-electron chi connectivity index (χ1n) is 11.0. The molecule has 11 nitrogen and oxygen atoms in total. The standard InChI is InChI=1S/C23H28O11/c1-11-14(32-20(29)12-5-3-2-4-6-12)7-23(30)13(8-24)10-31-21(16(11)23)34-22-19(28)18(27)17(26)15(9-25)33-22/h2-6,8,10-11,14-19,21-22,25-28,30H,7,9H2,1H3. The minimum absolute atomic E-state index is 0.0590. The van der Waals surface area contributed by atoms with Crippen molar-refractivity contribution in [1.82, 2.24) is 0 Å². The molecule has 11 heteroatoms. The summed E-state index contributed by atoms with van der Waals surface area (Å²) < 4.78 is 22.3. The molecule has 0 radical (unpaired) electrons. The van der Waals surface area contributed by atoms with Crippen LogP contribution in [-0.4, -0.2) is 93.1 Å². The number of benzene rings is 1. The lowest BCUT2D eigenvalue weighted by Gasteiger charge is -2.44. The molecule has 2 aliphatic heterocycles. The van der Waals surface area contributed by atoms with Gasteiger partial charge in [0.1, 0.15) is 36.1 Å². The van der Waals surface area contributed by atoms with E-state index in [0.717, 1.165) is 6.26 Å². The molecule has 1 saturated carbocycles. The van der Waals surface area contributed by atoms with Crippen LogP contribution in [0, 0.1) is 11.8 Å². The molecular weight excluding hydrogens is 452 g/mol. The van der Waals surface area contributed by atoms with Crippen molar-refractivity contribution in [1.29, 1.82) is 0 Å². The average molecular weight is 480 g/mol. The van der Waals surface area contributed by atoms with E-state index in [9.17, 15) is 35.1 Å². The van der Waals surface area contributed by atoms with E-state index in [0.29, 0.717) is 11.8 Å². The van der Waals surface area contributed by atoms with Gasteiger partial charge in [-0.2, -0.15) is 0 Å². The van der Waals surface area contributed by atoms with Crippen LogP contribution in [0.2, 0.25) is 0 Å². The second-order valence-electron chi connectivity index (χ2n) is 8.85. The fourth-order valence-electron chi connectivity index (χ4n) is 4.89. The highest BCUT2D eigenvalue weighted by molar-refractivity contribution is 5.89. The molecule has 4 rings (SSSR count). The van der Waals surface area contributed by atoms with E-state index in [2.05, 4.69) is 0 Å². The first kappa shape index (κ1) is 24.7. The van der Waals surface area contributed by atoms with Gasteiger partial charge >= 0.3 is 5.97 Å². The Kier molecular flexibility index (Phi) is 7.06. The molecule has 1 saturated heterocycles. The Hall–Kier alpha value is -2.38. The van der Waals surface area contributed by atoms with Gasteiger partial charge in [-0.15, -0.1) is 0 Å². The summed E-state index contributed by atoms with van der Waals surface area (Å²) in [6, 6.07) is 8.32. The summed E-state index contributed by atoms with van der Waals surface area (Å²) in [5.74, 6) is -2.07. The van der Waals surface area contributed by atoms with Crippen molar-refractivity contribution in [3.63, 3.8) is 0 Å². The quantitative estimate of drug-likeness (QED) is 0.246. The molecule has 186 valence electrons. The van der Waals surface area contributed by atoms with E-state index in [1.807, 2.05) is 0 Å². The van der Waals surface area contributed by atoms with Crippen molar-refractivity contribution in [2.24, 2.45) is 11.8 Å². The maximum absolute atomic E-state index is 12.6. The fraction of sp³-hybridized carbons (Fsp3) is 0.565. The van der Waals surface area contributed by atoms with Crippen LogP contribution in [-0.2, 0) is 23.7 Å². The van der Waals surface area contributed by atoms with E-state index in [1.54, 1.807) is 37.3 Å². The molecule has 0 aromatic heterocycles. The second-order valence-corrected chi connectivity index (χ2v) is 8.85. The fourth-order valence-corrected chi connectivity index (χ4v) is 4.89. The molecule has 2 fully saturated rings. The van der Waals surface area contributed by atoms with E-state index >= 15 is 0 Å². The van der Waals surface area contributed by atoms with Crippen molar-refractivity contribution < 1.29 is 54.1 Å². The molecule has 0 bridgehead atoms. The van der Waals surface area contributed by atoms with Crippen molar-refractivity contribution >= 4 is 12.3 Å². The van der Waals surface area contributed by atoms with Gasteiger partial charge in [-0.25, -0.2) is 4.79 Å². The van der Waals surface area contributed by atoms with Crippen molar-refractivity contribution in [2.75, 3.05) is 6.61 Å². The average Bonchev–Trinajstić information content (AvgIpc) is 3.10. The van der Waals surface area contributed by atoms with Gasteiger partial charge in [0.2, 0.25) is 6.29 Å². The Bertz CT molecular complexity index is 919. The number of fused-ring (bicyclic) bond motifs is 1. The van der Waals surface area contributed by atoms with Gasteiger partial charge in [-0.1, -0.05) is 25.1 Å². The highest BCUT2D eigenvalue weighted by atomic mass is 16.8. The summed E-state index contributed by atoms with van der Waals surface area (Å²) in [7, 11) is 0. The Balaban J connectivity index is 1.56. The van der Waals surface area contributed by atoms with Crippen LogP contribution >= 0.6 is 0 Å². The first-order chi connectivity index (χ1) is 16.2. The maximum Gasteiger partial charge on any atom is 0.338 e. The third kappa shape index (κ3) is 4.24. The van der Waals surface area contributed by atoms with Crippen molar-refractivity contribution in [3.8, 4) is 0 Å². The lowest BCUT2D eigenvalue weighted by molar-refractivity contribution is -0.346. The number of ether oxygens (including phenoxy) is 4. The number of aldehydes is 1. The SMILES string of the molecule is CC1C(OC(=O)c2ccccc2)CC2(O)C(C=O)=COC(OC3OC(CO)C(O)C(O)C3O)C12. The number of hydrogen-bond donors (Lipinski definition) is 5. The Labute approximate surface area is 195 Å². The molecule has 1 aliphatic carbocycles. The number of aliphatic hydroxyl groups is 5. The smallest absolute Gasteiger partial charge is 0.338 e. The molecule has 1 aromatic carbocycles.